The molecular weight excluding hydrogens is 382 g/mol. The SMILES string of the molecule is C#C[C@]1(O)CC[C@H]2[C@@H]3CCC4=CC(=O)CC(c5ccc(N(C)C)cc5)C4=C3CC[C@]21C. The van der Waals surface area contributed by atoms with Crippen molar-refractivity contribution in [3.05, 3.63) is 52.6 Å². The third-order valence-electron chi connectivity index (χ3n) is 8.98. The van der Waals surface area contributed by atoms with Crippen molar-refractivity contribution >= 4 is 11.5 Å². The number of ketones is 1. The lowest BCUT2D eigenvalue weighted by Crippen LogP contribution is -2.49. The monoisotopic (exact) mass is 415 g/mol. The number of fused-ring (bicyclic) bond motifs is 4. The molecule has 5 rings (SSSR count). The number of nitrogens with zero attached hydrogens (tertiary/aromatic N) is 1. The maximum Gasteiger partial charge on any atom is 0.156 e. The number of hydrogen-bond acceptors (Lipinski definition) is 3. The van der Waals surface area contributed by atoms with E-state index in [1.54, 1.807) is 5.57 Å². The van der Waals surface area contributed by atoms with Crippen molar-refractivity contribution in [1.82, 2.24) is 0 Å². The van der Waals surface area contributed by atoms with Gasteiger partial charge in [0.25, 0.3) is 0 Å². The Labute approximate surface area is 186 Å². The fraction of sp³-hybridized carbons (Fsp3) is 0.536. The van der Waals surface area contributed by atoms with Crippen LogP contribution in [0.4, 0.5) is 5.69 Å². The minimum absolute atomic E-state index is 0.152. The molecule has 2 fully saturated rings. The Morgan fingerprint density at radius 2 is 1.87 bits per heavy atom. The molecule has 4 aliphatic carbocycles. The predicted octanol–water partition coefficient (Wildman–Crippen LogP) is 5.02. The fourth-order valence-corrected chi connectivity index (χ4v) is 7.18. The van der Waals surface area contributed by atoms with Crippen molar-refractivity contribution in [2.24, 2.45) is 17.3 Å². The van der Waals surface area contributed by atoms with E-state index < -0.39 is 5.60 Å². The van der Waals surface area contributed by atoms with Gasteiger partial charge >= 0.3 is 0 Å². The summed E-state index contributed by atoms with van der Waals surface area (Å²) in [5, 5.41) is 11.2. The van der Waals surface area contributed by atoms with Crippen LogP contribution in [0, 0.1) is 29.6 Å². The second-order valence-corrected chi connectivity index (χ2v) is 10.5. The molecule has 1 aromatic rings. The summed E-state index contributed by atoms with van der Waals surface area (Å²) in [7, 11) is 4.10. The standard InChI is InChI=1S/C28H33NO2/c1-5-28(31)15-13-25-22-11-8-19-16-21(30)17-24(18-6-9-20(10-7-18)29(3)4)26(19)23(22)12-14-27(25,28)2/h1,6-7,9-10,16,22,24-25,31H,8,11-15,17H2,2-4H3/t22-,24?,25+,27-,28+/m1/s1. The number of terminal acetylenes is 1. The molecule has 0 spiro atoms. The Balaban J connectivity index is 1.58. The van der Waals surface area contributed by atoms with E-state index in [-0.39, 0.29) is 17.1 Å². The lowest BCUT2D eigenvalue weighted by molar-refractivity contribution is -0.115. The number of rotatable bonds is 2. The van der Waals surface area contributed by atoms with Crippen LogP contribution >= 0.6 is 0 Å². The van der Waals surface area contributed by atoms with Crippen LogP contribution in [0.2, 0.25) is 0 Å². The molecule has 1 N–H and O–H groups in total. The first kappa shape index (κ1) is 20.6. The third-order valence-corrected chi connectivity index (χ3v) is 8.98. The number of aliphatic hydroxyl groups is 1. The third kappa shape index (κ3) is 2.95. The van der Waals surface area contributed by atoms with Crippen LogP contribution in [-0.2, 0) is 4.79 Å². The van der Waals surface area contributed by atoms with E-state index in [1.807, 2.05) is 20.2 Å². The van der Waals surface area contributed by atoms with Crippen LogP contribution in [0.3, 0.4) is 0 Å². The number of benzene rings is 1. The molecule has 0 saturated heterocycles. The molecule has 0 aromatic heterocycles. The molecular formula is C28H33NO2. The van der Waals surface area contributed by atoms with Gasteiger partial charge in [-0.05, 0) is 85.3 Å². The lowest BCUT2D eigenvalue weighted by atomic mass is 9.54. The summed E-state index contributed by atoms with van der Waals surface area (Å²) in [5.41, 5.74) is 5.49. The second-order valence-electron chi connectivity index (χ2n) is 10.5. The molecule has 2 saturated carbocycles. The van der Waals surface area contributed by atoms with Gasteiger partial charge in [-0.25, -0.2) is 0 Å². The van der Waals surface area contributed by atoms with Crippen molar-refractivity contribution in [3.63, 3.8) is 0 Å². The molecule has 1 unspecified atom stereocenters. The van der Waals surface area contributed by atoms with Gasteiger partial charge in [-0.2, -0.15) is 0 Å². The van der Waals surface area contributed by atoms with Crippen LogP contribution in [0.25, 0.3) is 0 Å². The van der Waals surface area contributed by atoms with Crippen LogP contribution in [0.1, 0.15) is 63.4 Å². The first-order valence-electron chi connectivity index (χ1n) is 11.7. The summed E-state index contributed by atoms with van der Waals surface area (Å²) in [6.07, 6.45) is 14.0. The van der Waals surface area contributed by atoms with Crippen LogP contribution in [0.5, 0.6) is 0 Å². The molecule has 31 heavy (non-hydrogen) atoms. The van der Waals surface area contributed by atoms with E-state index in [0.717, 1.165) is 32.1 Å². The summed E-state index contributed by atoms with van der Waals surface area (Å²) in [6.45, 7) is 2.22. The Hall–Kier alpha value is -2.31. The van der Waals surface area contributed by atoms with Crippen molar-refractivity contribution < 1.29 is 9.90 Å². The Kier molecular flexibility index (Phi) is 4.72. The molecule has 5 atom stereocenters. The van der Waals surface area contributed by atoms with E-state index in [2.05, 4.69) is 42.0 Å². The number of anilines is 1. The summed E-state index contributed by atoms with van der Waals surface area (Å²) in [6, 6.07) is 8.72. The molecule has 162 valence electrons. The highest BCUT2D eigenvalue weighted by atomic mass is 16.3. The highest BCUT2D eigenvalue weighted by Crippen LogP contribution is 2.64. The molecule has 0 amide bonds. The van der Waals surface area contributed by atoms with Gasteiger partial charge < -0.3 is 10.0 Å². The lowest BCUT2D eigenvalue weighted by Gasteiger charge is -2.51. The molecule has 0 heterocycles. The van der Waals surface area contributed by atoms with E-state index in [0.29, 0.717) is 24.7 Å². The summed E-state index contributed by atoms with van der Waals surface area (Å²) in [4.78, 5) is 14.7. The molecule has 1 aromatic carbocycles. The van der Waals surface area contributed by atoms with Gasteiger partial charge in [-0.3, -0.25) is 4.79 Å². The maximum atomic E-state index is 12.6. The largest absolute Gasteiger partial charge is 0.378 e. The number of hydrogen-bond donors (Lipinski definition) is 1. The second kappa shape index (κ2) is 7.10. The molecule has 0 aliphatic heterocycles. The van der Waals surface area contributed by atoms with Gasteiger partial charge in [0, 0.05) is 37.5 Å². The van der Waals surface area contributed by atoms with Crippen LogP contribution in [-0.4, -0.2) is 30.6 Å². The zero-order valence-corrected chi connectivity index (χ0v) is 18.9. The summed E-state index contributed by atoms with van der Waals surface area (Å²) >= 11 is 0. The molecule has 3 nitrogen and oxygen atoms in total. The van der Waals surface area contributed by atoms with Crippen LogP contribution < -0.4 is 4.90 Å². The quantitative estimate of drug-likeness (QED) is 0.690. The zero-order chi connectivity index (χ0) is 22.0. The molecule has 0 bridgehead atoms. The smallest absolute Gasteiger partial charge is 0.156 e. The van der Waals surface area contributed by atoms with E-state index in [4.69, 9.17) is 6.42 Å². The van der Waals surface area contributed by atoms with E-state index >= 15 is 0 Å². The van der Waals surface area contributed by atoms with Crippen molar-refractivity contribution in [3.8, 4) is 12.3 Å². The van der Waals surface area contributed by atoms with Crippen LogP contribution in [0.15, 0.2) is 47.1 Å². The average molecular weight is 416 g/mol. The number of carbonyl (C=O) groups excluding carboxylic acids is 1. The first-order valence-corrected chi connectivity index (χ1v) is 11.7. The van der Waals surface area contributed by atoms with Gasteiger partial charge in [0.1, 0.15) is 5.60 Å². The Morgan fingerprint density at radius 3 is 2.55 bits per heavy atom. The molecule has 3 heteroatoms. The Bertz CT molecular complexity index is 1020. The summed E-state index contributed by atoms with van der Waals surface area (Å²) in [5.74, 6) is 4.08. The van der Waals surface area contributed by atoms with Crippen molar-refractivity contribution in [2.45, 2.75) is 63.4 Å². The minimum atomic E-state index is -0.978. The van der Waals surface area contributed by atoms with Gasteiger partial charge in [0.15, 0.2) is 5.78 Å². The fourth-order valence-electron chi connectivity index (χ4n) is 7.18. The Morgan fingerprint density at radius 1 is 1.13 bits per heavy atom. The average Bonchev–Trinajstić information content (AvgIpc) is 3.04. The normalized spacial score (nSPS) is 36.8. The van der Waals surface area contributed by atoms with Gasteiger partial charge in [0.2, 0.25) is 0 Å². The molecule has 0 radical (unpaired) electrons. The van der Waals surface area contributed by atoms with E-state index in [1.165, 1.54) is 22.4 Å². The summed E-state index contributed by atoms with van der Waals surface area (Å²) < 4.78 is 0. The highest BCUT2D eigenvalue weighted by Gasteiger charge is 2.60. The predicted molar refractivity (Wildman–Crippen MR) is 125 cm³/mol. The minimum Gasteiger partial charge on any atom is -0.378 e. The van der Waals surface area contributed by atoms with Gasteiger partial charge in [0.05, 0.1) is 0 Å². The zero-order valence-electron chi connectivity index (χ0n) is 18.9. The first-order chi connectivity index (χ1) is 14.8. The van der Waals surface area contributed by atoms with Gasteiger partial charge in [-0.1, -0.05) is 30.6 Å². The topological polar surface area (TPSA) is 40.5 Å². The number of allylic oxidation sites excluding steroid dienone is 4. The highest BCUT2D eigenvalue weighted by molar-refractivity contribution is 5.94. The van der Waals surface area contributed by atoms with Crippen molar-refractivity contribution in [2.75, 3.05) is 19.0 Å². The molecule has 4 aliphatic rings. The number of carbonyl (C=O) groups is 1. The van der Waals surface area contributed by atoms with E-state index in [9.17, 15) is 9.90 Å². The maximum absolute atomic E-state index is 12.6. The van der Waals surface area contributed by atoms with Crippen molar-refractivity contribution in [1.29, 1.82) is 0 Å². The van der Waals surface area contributed by atoms with Gasteiger partial charge in [-0.15, -0.1) is 6.42 Å².